The number of aromatic amines is 1. The van der Waals surface area contributed by atoms with Crippen LogP contribution in [0.1, 0.15) is 24.9 Å². The maximum absolute atomic E-state index is 6.02. The summed E-state index contributed by atoms with van der Waals surface area (Å²) < 4.78 is 0. The smallest absolute Gasteiger partial charge is 0.119 e. The summed E-state index contributed by atoms with van der Waals surface area (Å²) in [4.78, 5) is 8.56. The Kier molecular flexibility index (Phi) is 4.60. The maximum atomic E-state index is 6.02. The lowest BCUT2D eigenvalue weighted by Crippen LogP contribution is -2.04. The highest BCUT2D eigenvalue weighted by molar-refractivity contribution is 7.99. The molecule has 1 aromatic carbocycles. The van der Waals surface area contributed by atoms with Crippen molar-refractivity contribution in [1.82, 2.24) is 9.97 Å². The van der Waals surface area contributed by atoms with Crippen LogP contribution in [0.15, 0.2) is 35.5 Å². The molecule has 96 valence electrons. The molecule has 0 fully saturated rings. The molecule has 2 rings (SSSR count). The van der Waals surface area contributed by atoms with Crippen molar-refractivity contribution in [1.29, 1.82) is 0 Å². The fourth-order valence-corrected chi connectivity index (χ4v) is 3.54. The summed E-state index contributed by atoms with van der Waals surface area (Å²) >= 11 is 13.8. The third-order valence-electron chi connectivity index (χ3n) is 2.49. The molecule has 0 radical (unpaired) electrons. The number of hydrogen-bond donors (Lipinski definition) is 1. The predicted octanol–water partition coefficient (Wildman–Crippen LogP) is 5.21. The Morgan fingerprint density at radius 3 is 2.33 bits per heavy atom. The minimum atomic E-state index is 0.259. The molecule has 0 saturated heterocycles. The molecular weight excluding hydrogens is 287 g/mol. The van der Waals surface area contributed by atoms with E-state index in [1.807, 2.05) is 18.3 Å². The van der Waals surface area contributed by atoms with Gasteiger partial charge in [-0.15, -0.1) is 11.8 Å². The topological polar surface area (TPSA) is 28.7 Å². The van der Waals surface area contributed by atoms with E-state index in [4.69, 9.17) is 23.2 Å². The standard InChI is InChI=1S/C13H14Cl2N2S/c1-8(2)12(13-16-3-4-17-13)18-11-6-9(14)5-10(15)7-11/h3-8,12H,1-2H3,(H,16,17). The van der Waals surface area contributed by atoms with Crippen LogP contribution in [0.2, 0.25) is 10.0 Å². The maximum Gasteiger partial charge on any atom is 0.119 e. The van der Waals surface area contributed by atoms with Crippen LogP contribution in [-0.2, 0) is 0 Å². The zero-order valence-electron chi connectivity index (χ0n) is 10.2. The lowest BCUT2D eigenvalue weighted by molar-refractivity contribution is 0.610. The predicted molar refractivity (Wildman–Crippen MR) is 78.5 cm³/mol. The fraction of sp³-hybridized carbons (Fsp3) is 0.308. The average molecular weight is 301 g/mol. The second kappa shape index (κ2) is 6.00. The Morgan fingerprint density at radius 2 is 1.83 bits per heavy atom. The van der Waals surface area contributed by atoms with Crippen LogP contribution in [0.5, 0.6) is 0 Å². The molecule has 1 atom stereocenters. The summed E-state index contributed by atoms with van der Waals surface area (Å²) in [6.07, 6.45) is 3.62. The first-order valence-corrected chi connectivity index (χ1v) is 7.32. The molecule has 2 aromatic rings. The molecule has 2 nitrogen and oxygen atoms in total. The lowest BCUT2D eigenvalue weighted by atomic mass is 10.1. The summed E-state index contributed by atoms with van der Waals surface area (Å²) in [6, 6.07) is 5.59. The number of benzene rings is 1. The third-order valence-corrected chi connectivity index (χ3v) is 4.46. The summed E-state index contributed by atoms with van der Waals surface area (Å²) in [5, 5.41) is 1.58. The minimum absolute atomic E-state index is 0.259. The van der Waals surface area contributed by atoms with Gasteiger partial charge in [-0.2, -0.15) is 0 Å². The van der Waals surface area contributed by atoms with Crippen molar-refractivity contribution in [2.45, 2.75) is 24.0 Å². The quantitative estimate of drug-likeness (QED) is 0.786. The molecule has 1 N–H and O–H groups in total. The van der Waals surface area contributed by atoms with Crippen molar-refractivity contribution in [3.63, 3.8) is 0 Å². The van der Waals surface area contributed by atoms with Gasteiger partial charge in [0.15, 0.2) is 0 Å². The molecule has 0 aliphatic rings. The van der Waals surface area contributed by atoms with E-state index in [1.54, 1.807) is 24.0 Å². The van der Waals surface area contributed by atoms with Gasteiger partial charge in [-0.25, -0.2) is 4.98 Å². The van der Waals surface area contributed by atoms with Crippen LogP contribution >= 0.6 is 35.0 Å². The number of hydrogen-bond acceptors (Lipinski definition) is 2. The molecule has 0 aliphatic heterocycles. The van der Waals surface area contributed by atoms with Crippen molar-refractivity contribution in [2.75, 3.05) is 0 Å². The van der Waals surface area contributed by atoms with Gasteiger partial charge in [0.1, 0.15) is 5.82 Å². The van der Waals surface area contributed by atoms with Crippen molar-refractivity contribution in [2.24, 2.45) is 5.92 Å². The van der Waals surface area contributed by atoms with E-state index in [0.717, 1.165) is 10.7 Å². The number of aromatic nitrogens is 2. The number of rotatable bonds is 4. The lowest BCUT2D eigenvalue weighted by Gasteiger charge is -2.18. The Balaban J connectivity index is 2.24. The third kappa shape index (κ3) is 3.44. The Bertz CT molecular complexity index is 491. The van der Waals surface area contributed by atoms with Crippen molar-refractivity contribution >= 4 is 35.0 Å². The fourth-order valence-electron chi connectivity index (χ4n) is 1.68. The van der Waals surface area contributed by atoms with E-state index >= 15 is 0 Å². The van der Waals surface area contributed by atoms with Gasteiger partial charge in [0.05, 0.1) is 5.25 Å². The molecule has 0 aliphatic carbocycles. The zero-order chi connectivity index (χ0) is 13.1. The molecular formula is C13H14Cl2N2S. The second-order valence-corrected chi connectivity index (χ2v) is 6.45. The Hall–Kier alpha value is -0.640. The molecule has 18 heavy (non-hydrogen) atoms. The SMILES string of the molecule is CC(C)C(Sc1cc(Cl)cc(Cl)c1)c1ncc[nH]1. The molecule has 1 aromatic heterocycles. The normalized spacial score (nSPS) is 12.9. The second-order valence-electron chi connectivity index (χ2n) is 4.36. The van der Waals surface area contributed by atoms with E-state index < -0.39 is 0 Å². The van der Waals surface area contributed by atoms with Crippen LogP contribution in [0, 0.1) is 5.92 Å². The van der Waals surface area contributed by atoms with Gasteiger partial charge in [-0.05, 0) is 24.1 Å². The summed E-state index contributed by atoms with van der Waals surface area (Å²) in [5.41, 5.74) is 0. The Morgan fingerprint density at radius 1 is 1.17 bits per heavy atom. The van der Waals surface area contributed by atoms with E-state index in [1.165, 1.54) is 0 Å². The highest BCUT2D eigenvalue weighted by atomic mass is 35.5. The highest BCUT2D eigenvalue weighted by Crippen LogP contribution is 2.40. The first-order chi connectivity index (χ1) is 8.56. The van der Waals surface area contributed by atoms with Gasteiger partial charge < -0.3 is 4.98 Å². The first kappa shape index (κ1) is 13.8. The number of H-pyrrole nitrogens is 1. The number of thioether (sulfide) groups is 1. The molecule has 1 heterocycles. The minimum Gasteiger partial charge on any atom is -0.348 e. The van der Waals surface area contributed by atoms with Crippen molar-refractivity contribution in [3.8, 4) is 0 Å². The highest BCUT2D eigenvalue weighted by Gasteiger charge is 2.19. The van der Waals surface area contributed by atoms with Crippen LogP contribution in [-0.4, -0.2) is 9.97 Å². The van der Waals surface area contributed by atoms with Gasteiger partial charge in [0, 0.05) is 27.3 Å². The van der Waals surface area contributed by atoms with Gasteiger partial charge in [-0.3, -0.25) is 0 Å². The van der Waals surface area contributed by atoms with Crippen molar-refractivity contribution < 1.29 is 0 Å². The van der Waals surface area contributed by atoms with E-state index in [9.17, 15) is 0 Å². The monoisotopic (exact) mass is 300 g/mol. The molecule has 0 bridgehead atoms. The summed E-state index contributed by atoms with van der Waals surface area (Å²) in [6.45, 7) is 4.35. The Labute approximate surface area is 121 Å². The number of nitrogens with zero attached hydrogens (tertiary/aromatic N) is 1. The number of halogens is 2. The molecule has 1 unspecified atom stereocenters. The van der Waals surface area contributed by atoms with Crippen LogP contribution in [0.4, 0.5) is 0 Å². The molecule has 0 amide bonds. The molecule has 0 spiro atoms. The number of imidazole rings is 1. The van der Waals surface area contributed by atoms with Gasteiger partial charge in [0.2, 0.25) is 0 Å². The van der Waals surface area contributed by atoms with Crippen molar-refractivity contribution in [3.05, 3.63) is 46.5 Å². The summed E-state index contributed by atoms with van der Waals surface area (Å²) in [5.74, 6) is 1.44. The van der Waals surface area contributed by atoms with Crippen LogP contribution in [0.25, 0.3) is 0 Å². The summed E-state index contributed by atoms with van der Waals surface area (Å²) in [7, 11) is 0. The van der Waals surface area contributed by atoms with Crippen LogP contribution in [0.3, 0.4) is 0 Å². The van der Waals surface area contributed by atoms with Crippen LogP contribution < -0.4 is 0 Å². The average Bonchev–Trinajstić information content (AvgIpc) is 2.77. The zero-order valence-corrected chi connectivity index (χ0v) is 12.5. The number of nitrogens with one attached hydrogen (secondary N) is 1. The van der Waals surface area contributed by atoms with E-state index in [0.29, 0.717) is 16.0 Å². The first-order valence-electron chi connectivity index (χ1n) is 5.68. The largest absolute Gasteiger partial charge is 0.348 e. The van der Waals surface area contributed by atoms with E-state index in [2.05, 4.69) is 23.8 Å². The van der Waals surface area contributed by atoms with Gasteiger partial charge >= 0.3 is 0 Å². The van der Waals surface area contributed by atoms with Gasteiger partial charge in [-0.1, -0.05) is 37.0 Å². The molecule has 0 saturated carbocycles. The van der Waals surface area contributed by atoms with E-state index in [-0.39, 0.29) is 5.25 Å². The molecule has 5 heteroatoms. The van der Waals surface area contributed by atoms with Gasteiger partial charge in [0.25, 0.3) is 0 Å².